The summed E-state index contributed by atoms with van der Waals surface area (Å²) in [5.41, 5.74) is 6.48. The predicted octanol–water partition coefficient (Wildman–Crippen LogP) is 5.72. The molecule has 0 radical (unpaired) electrons. The fourth-order valence-corrected chi connectivity index (χ4v) is 5.15. The highest BCUT2D eigenvalue weighted by Crippen LogP contribution is 2.45. The average Bonchev–Trinajstić information content (AvgIpc) is 2.68. The molecule has 144 valence electrons. The molecule has 3 heteroatoms. The van der Waals surface area contributed by atoms with Crippen molar-refractivity contribution in [3.63, 3.8) is 0 Å². The van der Waals surface area contributed by atoms with Crippen molar-refractivity contribution in [3.05, 3.63) is 94.5 Å². The van der Waals surface area contributed by atoms with Crippen LogP contribution in [0.5, 0.6) is 5.75 Å². The van der Waals surface area contributed by atoms with Gasteiger partial charge < -0.3 is 5.11 Å². The molecule has 0 heterocycles. The Labute approximate surface area is 170 Å². The lowest BCUT2D eigenvalue weighted by Crippen LogP contribution is -2.22. The third-order valence-corrected chi connectivity index (χ3v) is 6.96. The summed E-state index contributed by atoms with van der Waals surface area (Å²) in [5, 5.41) is 11.8. The van der Waals surface area contributed by atoms with Gasteiger partial charge in [0.15, 0.2) is 0 Å². The Hall–Kier alpha value is -2.44. The van der Waals surface area contributed by atoms with Crippen molar-refractivity contribution in [2.75, 3.05) is 7.05 Å². The molecule has 3 rings (SSSR count). The molecule has 0 saturated carbocycles. The van der Waals surface area contributed by atoms with Crippen molar-refractivity contribution in [2.24, 2.45) is 4.99 Å². The number of para-hydroxylation sites is 1. The molecule has 0 amide bonds. The number of aliphatic imine (C=N–C) groups is 1. The Bertz CT molecular complexity index is 1010. The zero-order valence-corrected chi connectivity index (χ0v) is 18.2. The quantitative estimate of drug-likeness (QED) is 0.440. The third kappa shape index (κ3) is 4.03. The fourth-order valence-electron chi connectivity index (χ4n) is 3.58. The molecule has 0 fully saturated rings. The Balaban J connectivity index is 2.09. The summed E-state index contributed by atoms with van der Waals surface area (Å²) >= 11 is 0. The molecule has 0 aliphatic rings. The highest BCUT2D eigenvalue weighted by Gasteiger charge is 2.27. The summed E-state index contributed by atoms with van der Waals surface area (Å²) in [6.45, 7) is 8.54. The molecule has 0 aromatic heterocycles. The lowest BCUT2D eigenvalue weighted by Gasteiger charge is -2.29. The number of aryl methyl sites for hydroxylation is 2. The van der Waals surface area contributed by atoms with Gasteiger partial charge in [-0.3, -0.25) is 4.99 Å². The first kappa shape index (κ1) is 20.3. The van der Waals surface area contributed by atoms with Crippen LogP contribution in [0.3, 0.4) is 0 Å². The molecule has 0 aliphatic carbocycles. The minimum Gasteiger partial charge on any atom is -0.507 e. The van der Waals surface area contributed by atoms with Crippen LogP contribution in [-0.4, -0.2) is 17.9 Å². The van der Waals surface area contributed by atoms with Crippen molar-refractivity contribution >= 4 is 19.6 Å². The molecule has 0 spiro atoms. The highest BCUT2D eigenvalue weighted by atomic mass is 31.1. The second-order valence-corrected chi connectivity index (χ2v) is 9.66. The van der Waals surface area contributed by atoms with Crippen molar-refractivity contribution in [3.8, 4) is 5.75 Å². The summed E-state index contributed by atoms with van der Waals surface area (Å²) in [6, 6.07) is 22.8. The Morgan fingerprint density at radius 1 is 0.857 bits per heavy atom. The zero-order valence-electron chi connectivity index (χ0n) is 17.2. The maximum Gasteiger partial charge on any atom is 0.122 e. The van der Waals surface area contributed by atoms with E-state index in [4.69, 9.17) is 0 Å². The van der Waals surface area contributed by atoms with Crippen molar-refractivity contribution in [1.82, 2.24) is 0 Å². The molecule has 28 heavy (non-hydrogen) atoms. The Morgan fingerprint density at radius 2 is 1.50 bits per heavy atom. The van der Waals surface area contributed by atoms with E-state index in [1.165, 1.54) is 16.4 Å². The van der Waals surface area contributed by atoms with Gasteiger partial charge in [-0.2, -0.15) is 0 Å². The number of phenolic OH excluding ortho intramolecular Hbond substituents is 1. The Morgan fingerprint density at radius 3 is 2.18 bits per heavy atom. The number of rotatable bonds is 5. The number of hydrogen-bond donors (Lipinski definition) is 1. The molecule has 2 nitrogen and oxygen atoms in total. The van der Waals surface area contributed by atoms with Crippen LogP contribution in [0.1, 0.15) is 41.7 Å². The molecule has 1 unspecified atom stereocenters. The number of phenols is 1. The monoisotopic (exact) mass is 389 g/mol. The van der Waals surface area contributed by atoms with Gasteiger partial charge in [0.1, 0.15) is 5.75 Å². The van der Waals surface area contributed by atoms with E-state index in [0.717, 1.165) is 22.4 Å². The molecule has 1 atom stereocenters. The summed E-state index contributed by atoms with van der Waals surface area (Å²) in [7, 11) is 2.36. The van der Waals surface area contributed by atoms with E-state index in [1.54, 1.807) is 0 Å². The van der Waals surface area contributed by atoms with Gasteiger partial charge in [-0.15, -0.1) is 0 Å². The number of nitrogens with zero attached hydrogens (tertiary/aromatic N) is 1. The molecule has 3 aromatic rings. The molecule has 0 aliphatic heterocycles. The van der Waals surface area contributed by atoms with E-state index in [1.807, 2.05) is 50.4 Å². The summed E-state index contributed by atoms with van der Waals surface area (Å²) in [5.74, 6) is 0.405. The van der Waals surface area contributed by atoms with Crippen LogP contribution in [0.2, 0.25) is 0 Å². The van der Waals surface area contributed by atoms with Gasteiger partial charge in [0.05, 0.1) is 5.71 Å². The van der Waals surface area contributed by atoms with Crippen LogP contribution >= 0.6 is 8.58 Å². The van der Waals surface area contributed by atoms with E-state index in [2.05, 4.69) is 56.1 Å². The highest BCUT2D eigenvalue weighted by molar-refractivity contribution is 7.49. The molecule has 0 bridgehead atoms. The van der Waals surface area contributed by atoms with Crippen molar-refractivity contribution < 1.29 is 5.11 Å². The van der Waals surface area contributed by atoms with E-state index in [9.17, 15) is 5.11 Å². The summed E-state index contributed by atoms with van der Waals surface area (Å²) in [4.78, 5) is 4.64. The first-order chi connectivity index (χ1) is 13.3. The second-order valence-electron chi connectivity index (χ2n) is 7.66. The molecular formula is C25H28NOP. The smallest absolute Gasteiger partial charge is 0.122 e. The number of aromatic hydroxyl groups is 1. The lowest BCUT2D eigenvalue weighted by molar-refractivity contribution is 0.457. The van der Waals surface area contributed by atoms with E-state index in [-0.39, 0.29) is 5.16 Å². The second kappa shape index (κ2) is 8.29. The van der Waals surface area contributed by atoms with Gasteiger partial charge in [0.2, 0.25) is 0 Å². The fraction of sp³-hybridized carbons (Fsp3) is 0.240. The largest absolute Gasteiger partial charge is 0.507 e. The van der Waals surface area contributed by atoms with Crippen molar-refractivity contribution in [2.45, 2.75) is 32.9 Å². The SMILES string of the molecule is CN=C(c1ccccc1)c1cccc(C)c1PC(C)(C)c1cccc(C)c1O. The lowest BCUT2D eigenvalue weighted by atomic mass is 9.98. The van der Waals surface area contributed by atoms with Crippen LogP contribution < -0.4 is 5.30 Å². The summed E-state index contributed by atoms with van der Waals surface area (Å²) < 4.78 is 0. The van der Waals surface area contributed by atoms with Crippen LogP contribution in [-0.2, 0) is 5.16 Å². The standard InChI is InChI=1S/C25H28NOP/c1-17-11-10-16-21(23(17)27)25(3,4)28-24-18(2)12-9-15-20(24)22(26-5)19-13-7-6-8-14-19/h6-16,27-28H,1-5H3. The first-order valence-electron chi connectivity index (χ1n) is 9.54. The minimum absolute atomic E-state index is 0.188. The third-order valence-electron chi connectivity index (χ3n) is 5.15. The average molecular weight is 389 g/mol. The van der Waals surface area contributed by atoms with Gasteiger partial charge in [-0.1, -0.05) is 89.2 Å². The van der Waals surface area contributed by atoms with Crippen LogP contribution in [0.25, 0.3) is 0 Å². The Kier molecular flexibility index (Phi) is 6.01. The normalized spacial score (nSPS) is 12.7. The van der Waals surface area contributed by atoms with E-state index in [0.29, 0.717) is 14.3 Å². The van der Waals surface area contributed by atoms with Gasteiger partial charge in [-0.05, 0) is 30.3 Å². The predicted molar refractivity (Wildman–Crippen MR) is 123 cm³/mol. The van der Waals surface area contributed by atoms with E-state index >= 15 is 0 Å². The first-order valence-corrected chi connectivity index (χ1v) is 10.5. The maximum atomic E-state index is 10.7. The molecule has 0 saturated heterocycles. The van der Waals surface area contributed by atoms with Gasteiger partial charge >= 0.3 is 0 Å². The van der Waals surface area contributed by atoms with Crippen LogP contribution in [0, 0.1) is 13.8 Å². The van der Waals surface area contributed by atoms with Gasteiger partial charge in [0.25, 0.3) is 0 Å². The molecular weight excluding hydrogens is 361 g/mol. The van der Waals surface area contributed by atoms with Crippen molar-refractivity contribution in [1.29, 1.82) is 0 Å². The molecule has 1 N–H and O–H groups in total. The molecule has 3 aromatic carbocycles. The number of hydrogen-bond acceptors (Lipinski definition) is 2. The number of benzene rings is 3. The zero-order chi connectivity index (χ0) is 20.3. The van der Waals surface area contributed by atoms with Gasteiger partial charge in [0, 0.05) is 28.9 Å². The van der Waals surface area contributed by atoms with Crippen LogP contribution in [0.4, 0.5) is 0 Å². The topological polar surface area (TPSA) is 32.6 Å². The van der Waals surface area contributed by atoms with Gasteiger partial charge in [-0.25, -0.2) is 0 Å². The summed E-state index contributed by atoms with van der Waals surface area (Å²) in [6.07, 6.45) is 0. The maximum absolute atomic E-state index is 10.7. The minimum atomic E-state index is -0.188. The van der Waals surface area contributed by atoms with Crippen LogP contribution in [0.15, 0.2) is 71.7 Å². The van der Waals surface area contributed by atoms with E-state index < -0.39 is 0 Å².